The van der Waals surface area contributed by atoms with Gasteiger partial charge in [-0.15, -0.1) is 0 Å². The lowest BCUT2D eigenvalue weighted by Crippen LogP contribution is -2.34. The molecule has 3 aliphatic carbocycles. The van der Waals surface area contributed by atoms with Gasteiger partial charge < -0.3 is 14.6 Å². The SMILES string of the molecule is CC(=O)O[C@@H]1CC(=C/C=C2\CCC[C@]3(C)C(C(C)CCC(=O)C(C)(C)O)=CCC23)C[C@@H](OC(C)=O)C1. The summed E-state index contributed by atoms with van der Waals surface area (Å²) in [5.74, 6) is 0.0235. The lowest BCUT2D eigenvalue weighted by atomic mass is 9.62. The third-order valence-electron chi connectivity index (χ3n) is 8.33. The monoisotopic (exact) mass is 500 g/mol. The first-order valence-corrected chi connectivity index (χ1v) is 13.5. The largest absolute Gasteiger partial charge is 0.462 e. The van der Waals surface area contributed by atoms with Gasteiger partial charge in [-0.3, -0.25) is 14.4 Å². The summed E-state index contributed by atoms with van der Waals surface area (Å²) in [7, 11) is 0. The van der Waals surface area contributed by atoms with E-state index in [0.29, 0.717) is 37.5 Å². The van der Waals surface area contributed by atoms with Crippen LogP contribution in [0, 0.1) is 17.3 Å². The standard InChI is InChI=1S/C30H44O6/c1-19(9-14-28(33)29(4,5)34)26-12-13-27-23(8-7-15-30(26,27)6)11-10-22-16-24(35-20(2)31)18-25(17-22)36-21(3)32/h10-12,19,24-25,27,34H,7-9,13-18H2,1-6H3/b23-11+/t19?,24-,25-,27?,30-/m1/s1. The summed E-state index contributed by atoms with van der Waals surface area (Å²) in [5, 5.41) is 10.00. The van der Waals surface area contributed by atoms with E-state index in [1.807, 2.05) is 0 Å². The van der Waals surface area contributed by atoms with E-state index < -0.39 is 5.60 Å². The summed E-state index contributed by atoms with van der Waals surface area (Å²) in [4.78, 5) is 35.3. The number of Topliss-reactive ketones (excluding diaryl/α,β-unsaturated/α-hetero) is 1. The lowest BCUT2D eigenvalue weighted by molar-refractivity contribution is -0.154. The Balaban J connectivity index is 1.72. The van der Waals surface area contributed by atoms with Crippen molar-refractivity contribution in [1.29, 1.82) is 0 Å². The molecular weight excluding hydrogens is 456 g/mol. The van der Waals surface area contributed by atoms with Gasteiger partial charge in [0, 0.05) is 39.5 Å². The molecule has 0 aromatic rings. The molecule has 0 saturated heterocycles. The number of esters is 2. The van der Waals surface area contributed by atoms with E-state index in [1.165, 1.54) is 25.0 Å². The zero-order valence-corrected chi connectivity index (χ0v) is 22.9. The Morgan fingerprint density at radius 2 is 1.75 bits per heavy atom. The van der Waals surface area contributed by atoms with E-state index >= 15 is 0 Å². The Kier molecular flexibility index (Phi) is 9.02. The van der Waals surface area contributed by atoms with Gasteiger partial charge in [-0.25, -0.2) is 0 Å². The Hall–Kier alpha value is -2.21. The van der Waals surface area contributed by atoms with Gasteiger partial charge in [0.25, 0.3) is 0 Å². The van der Waals surface area contributed by atoms with E-state index in [0.717, 1.165) is 37.7 Å². The number of aliphatic hydroxyl groups is 1. The second kappa shape index (κ2) is 11.5. The highest BCUT2D eigenvalue weighted by Gasteiger charge is 2.46. The number of allylic oxidation sites excluding steroid dienone is 5. The van der Waals surface area contributed by atoms with Crippen LogP contribution in [0.3, 0.4) is 0 Å². The zero-order chi connectivity index (χ0) is 26.7. The molecule has 2 fully saturated rings. The van der Waals surface area contributed by atoms with Crippen molar-refractivity contribution in [1.82, 2.24) is 0 Å². The van der Waals surface area contributed by atoms with Gasteiger partial charge in [0.1, 0.15) is 17.8 Å². The van der Waals surface area contributed by atoms with Crippen LogP contribution in [-0.4, -0.2) is 40.6 Å². The lowest BCUT2D eigenvalue weighted by Gasteiger charge is -2.42. The maximum Gasteiger partial charge on any atom is 0.302 e. The zero-order valence-electron chi connectivity index (χ0n) is 22.9. The number of ketones is 1. The normalized spacial score (nSPS) is 30.3. The van der Waals surface area contributed by atoms with Crippen molar-refractivity contribution in [2.45, 2.75) is 117 Å². The second-order valence-electron chi connectivity index (χ2n) is 11.8. The van der Waals surface area contributed by atoms with Gasteiger partial charge in [0.05, 0.1) is 0 Å². The molecule has 6 nitrogen and oxygen atoms in total. The fourth-order valence-corrected chi connectivity index (χ4v) is 6.56. The molecule has 2 saturated carbocycles. The highest BCUT2D eigenvalue weighted by molar-refractivity contribution is 5.86. The molecule has 2 unspecified atom stereocenters. The van der Waals surface area contributed by atoms with Crippen molar-refractivity contribution in [2.24, 2.45) is 17.3 Å². The summed E-state index contributed by atoms with van der Waals surface area (Å²) in [5.41, 5.74) is 2.86. The highest BCUT2D eigenvalue weighted by Crippen LogP contribution is 2.57. The molecule has 0 spiro atoms. The molecule has 0 heterocycles. The predicted octanol–water partition coefficient (Wildman–Crippen LogP) is 5.78. The molecule has 3 aliphatic rings. The molecule has 1 N–H and O–H groups in total. The average Bonchev–Trinajstić information content (AvgIpc) is 3.11. The minimum absolute atomic E-state index is 0.0902. The first kappa shape index (κ1) is 28.4. The second-order valence-corrected chi connectivity index (χ2v) is 11.8. The van der Waals surface area contributed by atoms with Crippen molar-refractivity contribution in [3.8, 4) is 0 Å². The minimum atomic E-state index is -1.27. The van der Waals surface area contributed by atoms with E-state index in [4.69, 9.17) is 9.47 Å². The molecule has 0 radical (unpaired) electrons. The van der Waals surface area contributed by atoms with E-state index in [2.05, 4.69) is 32.1 Å². The van der Waals surface area contributed by atoms with Crippen LogP contribution in [0.1, 0.15) is 99.3 Å². The van der Waals surface area contributed by atoms with Crippen LogP contribution in [0.4, 0.5) is 0 Å². The molecule has 0 aromatic heterocycles. The molecule has 200 valence electrons. The summed E-state index contributed by atoms with van der Waals surface area (Å²) in [6.45, 7) is 10.5. The van der Waals surface area contributed by atoms with Crippen LogP contribution in [-0.2, 0) is 23.9 Å². The van der Waals surface area contributed by atoms with Crippen molar-refractivity contribution in [2.75, 3.05) is 0 Å². The molecule has 0 amide bonds. The first-order valence-electron chi connectivity index (χ1n) is 13.5. The molecule has 3 rings (SSSR count). The van der Waals surface area contributed by atoms with Crippen LogP contribution in [0.15, 0.2) is 34.9 Å². The molecular formula is C30H44O6. The van der Waals surface area contributed by atoms with Crippen molar-refractivity contribution < 1.29 is 29.0 Å². The molecule has 0 aromatic carbocycles. The third-order valence-corrected chi connectivity index (χ3v) is 8.33. The Morgan fingerprint density at radius 3 is 2.31 bits per heavy atom. The van der Waals surface area contributed by atoms with Gasteiger partial charge in [0.2, 0.25) is 0 Å². The molecule has 6 heteroatoms. The summed E-state index contributed by atoms with van der Waals surface area (Å²) in [6.07, 6.45) is 13.6. The summed E-state index contributed by atoms with van der Waals surface area (Å²) in [6, 6.07) is 0. The quantitative estimate of drug-likeness (QED) is 0.336. The van der Waals surface area contributed by atoms with Crippen LogP contribution >= 0.6 is 0 Å². The Morgan fingerprint density at radius 1 is 1.14 bits per heavy atom. The minimum Gasteiger partial charge on any atom is -0.462 e. The van der Waals surface area contributed by atoms with Crippen molar-refractivity contribution in [3.63, 3.8) is 0 Å². The van der Waals surface area contributed by atoms with Gasteiger partial charge in [0.15, 0.2) is 5.78 Å². The molecule has 36 heavy (non-hydrogen) atoms. The first-order chi connectivity index (χ1) is 16.8. The van der Waals surface area contributed by atoms with Gasteiger partial charge in [-0.2, -0.15) is 0 Å². The van der Waals surface area contributed by atoms with E-state index in [-0.39, 0.29) is 35.3 Å². The maximum absolute atomic E-state index is 12.3. The fraction of sp³-hybridized carbons (Fsp3) is 0.700. The Labute approximate surface area is 216 Å². The number of carbonyl (C=O) groups excluding carboxylic acids is 3. The van der Waals surface area contributed by atoms with Crippen molar-refractivity contribution in [3.05, 3.63) is 34.9 Å². The summed E-state index contributed by atoms with van der Waals surface area (Å²) < 4.78 is 10.9. The topological polar surface area (TPSA) is 89.9 Å². The van der Waals surface area contributed by atoms with E-state index in [1.54, 1.807) is 13.8 Å². The fourth-order valence-electron chi connectivity index (χ4n) is 6.56. The van der Waals surface area contributed by atoms with Crippen LogP contribution in [0.2, 0.25) is 0 Å². The van der Waals surface area contributed by atoms with Crippen LogP contribution < -0.4 is 0 Å². The van der Waals surface area contributed by atoms with Crippen molar-refractivity contribution >= 4 is 17.7 Å². The van der Waals surface area contributed by atoms with Crippen LogP contribution in [0.25, 0.3) is 0 Å². The predicted molar refractivity (Wildman–Crippen MR) is 139 cm³/mol. The number of fused-ring (bicyclic) bond motifs is 1. The Bertz CT molecular complexity index is 923. The number of carbonyl (C=O) groups is 3. The number of rotatable bonds is 8. The van der Waals surface area contributed by atoms with Gasteiger partial charge >= 0.3 is 11.9 Å². The molecule has 5 atom stereocenters. The maximum atomic E-state index is 12.3. The van der Waals surface area contributed by atoms with Crippen LogP contribution in [0.5, 0.6) is 0 Å². The van der Waals surface area contributed by atoms with Gasteiger partial charge in [-0.05, 0) is 63.2 Å². The highest BCUT2D eigenvalue weighted by atomic mass is 16.6. The molecule has 0 bridgehead atoms. The smallest absolute Gasteiger partial charge is 0.302 e. The molecule has 0 aliphatic heterocycles. The van der Waals surface area contributed by atoms with E-state index in [9.17, 15) is 19.5 Å². The summed E-state index contributed by atoms with van der Waals surface area (Å²) >= 11 is 0. The number of hydrogen-bond acceptors (Lipinski definition) is 6. The third kappa shape index (κ3) is 6.96. The van der Waals surface area contributed by atoms with Gasteiger partial charge in [-0.1, -0.05) is 48.8 Å². The number of hydrogen-bond donors (Lipinski definition) is 1. The number of ether oxygens (including phenoxy) is 2. The average molecular weight is 501 g/mol.